The molecule has 0 fully saturated rings. The normalized spacial score (nSPS) is 11.2. The van der Waals surface area contributed by atoms with Crippen LogP contribution in [-0.4, -0.2) is 16.7 Å². The first-order valence-electron chi connectivity index (χ1n) is 10.3. The van der Waals surface area contributed by atoms with Crippen LogP contribution >= 0.6 is 0 Å². The van der Waals surface area contributed by atoms with Gasteiger partial charge in [0.15, 0.2) is 0 Å². The zero-order valence-electron chi connectivity index (χ0n) is 17.7. The molecule has 31 heavy (non-hydrogen) atoms. The quantitative estimate of drug-likeness (QED) is 0.339. The fourth-order valence-electron chi connectivity index (χ4n) is 3.91. The number of hydrogen-bond acceptors (Lipinski definition) is 2. The Hall–Kier alpha value is -3.92. The maximum absolute atomic E-state index is 13.1. The number of benzene rings is 3. The van der Waals surface area contributed by atoms with E-state index in [1.807, 2.05) is 78.9 Å². The molecule has 4 heteroatoms. The predicted molar refractivity (Wildman–Crippen MR) is 126 cm³/mol. The SMILES string of the molecule is Cc1cc(C=NNC(=O)C(c2ccccc2)c2ccccc2)c(C)n1-c1ccccc1. The van der Waals surface area contributed by atoms with Gasteiger partial charge in [0.25, 0.3) is 5.91 Å². The van der Waals surface area contributed by atoms with Gasteiger partial charge in [0.1, 0.15) is 0 Å². The van der Waals surface area contributed by atoms with E-state index < -0.39 is 5.92 Å². The van der Waals surface area contributed by atoms with Crippen molar-refractivity contribution in [2.24, 2.45) is 5.10 Å². The van der Waals surface area contributed by atoms with E-state index in [0.29, 0.717) is 0 Å². The minimum Gasteiger partial charge on any atom is -0.318 e. The summed E-state index contributed by atoms with van der Waals surface area (Å²) in [6.07, 6.45) is 1.72. The number of aromatic nitrogens is 1. The van der Waals surface area contributed by atoms with Crippen molar-refractivity contribution in [1.29, 1.82) is 0 Å². The Morgan fingerprint density at radius 1 is 0.839 bits per heavy atom. The van der Waals surface area contributed by atoms with Crippen molar-refractivity contribution in [2.45, 2.75) is 19.8 Å². The van der Waals surface area contributed by atoms with Gasteiger partial charge >= 0.3 is 0 Å². The fraction of sp³-hybridized carbons (Fsp3) is 0.111. The van der Waals surface area contributed by atoms with Gasteiger partial charge in [-0.25, -0.2) is 5.43 Å². The summed E-state index contributed by atoms with van der Waals surface area (Å²) in [4.78, 5) is 13.1. The maximum atomic E-state index is 13.1. The summed E-state index contributed by atoms with van der Waals surface area (Å²) >= 11 is 0. The second-order valence-corrected chi connectivity index (χ2v) is 7.49. The van der Waals surface area contributed by atoms with Crippen LogP contribution in [0.1, 0.15) is 34.0 Å². The van der Waals surface area contributed by atoms with Crippen molar-refractivity contribution in [3.05, 3.63) is 125 Å². The molecule has 0 aliphatic carbocycles. The predicted octanol–water partition coefficient (Wildman–Crippen LogP) is 5.38. The molecule has 0 aliphatic rings. The highest BCUT2D eigenvalue weighted by molar-refractivity contribution is 5.89. The van der Waals surface area contributed by atoms with Gasteiger partial charge in [0.05, 0.1) is 12.1 Å². The Labute approximate surface area is 182 Å². The minimum absolute atomic E-state index is 0.162. The van der Waals surface area contributed by atoms with Gasteiger partial charge in [0, 0.05) is 22.6 Å². The molecule has 0 unspecified atom stereocenters. The smallest absolute Gasteiger partial charge is 0.252 e. The lowest BCUT2D eigenvalue weighted by Crippen LogP contribution is -2.26. The van der Waals surface area contributed by atoms with E-state index in [1.54, 1.807) is 6.21 Å². The zero-order valence-corrected chi connectivity index (χ0v) is 17.7. The molecule has 0 spiro atoms. The Morgan fingerprint density at radius 2 is 1.35 bits per heavy atom. The van der Waals surface area contributed by atoms with Gasteiger partial charge in [-0.05, 0) is 43.2 Å². The molecule has 0 atom stereocenters. The Balaban J connectivity index is 1.56. The Bertz CT molecular complexity index is 1140. The first-order valence-corrected chi connectivity index (χ1v) is 10.3. The van der Waals surface area contributed by atoms with Crippen molar-refractivity contribution in [1.82, 2.24) is 9.99 Å². The van der Waals surface area contributed by atoms with E-state index in [1.165, 1.54) is 0 Å². The first kappa shape index (κ1) is 20.4. The van der Waals surface area contributed by atoms with Crippen LogP contribution < -0.4 is 5.43 Å². The molecule has 0 aliphatic heterocycles. The Morgan fingerprint density at radius 3 is 1.90 bits per heavy atom. The maximum Gasteiger partial charge on any atom is 0.252 e. The third-order valence-corrected chi connectivity index (χ3v) is 5.39. The number of para-hydroxylation sites is 1. The van der Waals surface area contributed by atoms with Crippen molar-refractivity contribution < 1.29 is 4.79 Å². The first-order chi connectivity index (χ1) is 15.1. The number of rotatable bonds is 6. The topological polar surface area (TPSA) is 46.4 Å². The van der Waals surface area contributed by atoms with Crippen LogP contribution in [0.15, 0.2) is 102 Å². The second-order valence-electron chi connectivity index (χ2n) is 7.49. The van der Waals surface area contributed by atoms with Gasteiger partial charge in [-0.1, -0.05) is 78.9 Å². The van der Waals surface area contributed by atoms with Gasteiger partial charge in [0.2, 0.25) is 0 Å². The van der Waals surface area contributed by atoms with E-state index in [0.717, 1.165) is 33.8 Å². The highest BCUT2D eigenvalue weighted by atomic mass is 16.2. The van der Waals surface area contributed by atoms with Crippen LogP contribution in [0, 0.1) is 13.8 Å². The molecule has 4 nitrogen and oxygen atoms in total. The summed E-state index contributed by atoms with van der Waals surface area (Å²) in [7, 11) is 0. The number of carbonyl (C=O) groups excluding carboxylic acids is 1. The van der Waals surface area contributed by atoms with Gasteiger partial charge < -0.3 is 4.57 Å². The summed E-state index contributed by atoms with van der Waals surface area (Å²) < 4.78 is 2.18. The number of hydrogen-bond donors (Lipinski definition) is 1. The van der Waals surface area contributed by atoms with E-state index in [9.17, 15) is 4.79 Å². The van der Waals surface area contributed by atoms with Crippen molar-refractivity contribution in [2.75, 3.05) is 0 Å². The van der Waals surface area contributed by atoms with E-state index in [-0.39, 0.29) is 5.91 Å². The van der Waals surface area contributed by atoms with Crippen LogP contribution in [0.4, 0.5) is 0 Å². The molecule has 3 aromatic carbocycles. The lowest BCUT2D eigenvalue weighted by atomic mass is 9.91. The molecule has 0 radical (unpaired) electrons. The van der Waals surface area contributed by atoms with Crippen LogP contribution in [-0.2, 0) is 4.79 Å². The highest BCUT2D eigenvalue weighted by Gasteiger charge is 2.22. The third kappa shape index (κ3) is 4.48. The van der Waals surface area contributed by atoms with Crippen LogP contribution in [0.5, 0.6) is 0 Å². The van der Waals surface area contributed by atoms with Crippen molar-refractivity contribution >= 4 is 12.1 Å². The molecular formula is C27H25N3O. The summed E-state index contributed by atoms with van der Waals surface area (Å²) in [5, 5.41) is 4.28. The summed E-state index contributed by atoms with van der Waals surface area (Å²) in [5.41, 5.74) is 8.88. The number of aryl methyl sites for hydroxylation is 1. The Kier molecular flexibility index (Phi) is 6.08. The zero-order chi connectivity index (χ0) is 21.6. The number of nitrogens with one attached hydrogen (secondary N) is 1. The van der Waals surface area contributed by atoms with Gasteiger partial charge in [-0.3, -0.25) is 4.79 Å². The van der Waals surface area contributed by atoms with Crippen LogP contribution in [0.3, 0.4) is 0 Å². The van der Waals surface area contributed by atoms with Crippen molar-refractivity contribution in [3.63, 3.8) is 0 Å². The molecule has 4 rings (SSSR count). The van der Waals surface area contributed by atoms with E-state index >= 15 is 0 Å². The average molecular weight is 408 g/mol. The van der Waals surface area contributed by atoms with Crippen LogP contribution in [0.25, 0.3) is 5.69 Å². The van der Waals surface area contributed by atoms with Gasteiger partial charge in [-0.15, -0.1) is 0 Å². The number of hydrazone groups is 1. The fourth-order valence-corrected chi connectivity index (χ4v) is 3.91. The summed E-state index contributed by atoms with van der Waals surface area (Å²) in [5.74, 6) is -0.582. The van der Waals surface area contributed by atoms with Gasteiger partial charge in [-0.2, -0.15) is 5.10 Å². The molecule has 154 valence electrons. The third-order valence-electron chi connectivity index (χ3n) is 5.39. The monoisotopic (exact) mass is 407 g/mol. The van der Waals surface area contributed by atoms with E-state index in [4.69, 9.17) is 0 Å². The minimum atomic E-state index is -0.420. The molecule has 1 heterocycles. The molecule has 1 amide bonds. The largest absolute Gasteiger partial charge is 0.318 e. The van der Waals surface area contributed by atoms with E-state index in [2.05, 4.69) is 47.1 Å². The van der Waals surface area contributed by atoms with Crippen LogP contribution in [0.2, 0.25) is 0 Å². The second kappa shape index (κ2) is 9.26. The molecule has 0 saturated heterocycles. The molecule has 0 bridgehead atoms. The number of nitrogens with zero attached hydrogens (tertiary/aromatic N) is 2. The summed E-state index contributed by atoms with van der Waals surface area (Å²) in [6.45, 7) is 4.12. The average Bonchev–Trinajstić information content (AvgIpc) is 3.09. The standard InChI is InChI=1S/C27H25N3O/c1-20-18-24(21(2)30(20)25-16-10-5-11-17-25)19-28-29-27(31)26(22-12-6-3-7-13-22)23-14-8-4-9-15-23/h3-19,26H,1-2H3,(H,29,31). The highest BCUT2D eigenvalue weighted by Crippen LogP contribution is 2.25. The lowest BCUT2D eigenvalue weighted by molar-refractivity contribution is -0.121. The molecule has 1 aromatic heterocycles. The summed E-state index contributed by atoms with van der Waals surface area (Å²) in [6, 6.07) is 31.8. The molecular weight excluding hydrogens is 382 g/mol. The molecule has 1 N–H and O–H groups in total. The van der Waals surface area contributed by atoms with Crippen molar-refractivity contribution in [3.8, 4) is 5.69 Å². The number of carbonyl (C=O) groups is 1. The molecule has 4 aromatic rings. The number of amides is 1. The lowest BCUT2D eigenvalue weighted by Gasteiger charge is -2.16. The molecule has 0 saturated carbocycles.